The fraction of sp³-hybridized carbons (Fsp3) is 1.00. The van der Waals surface area contributed by atoms with Crippen LogP contribution in [0.5, 0.6) is 0 Å². The lowest BCUT2D eigenvalue weighted by Crippen LogP contribution is -2.61. The maximum absolute atomic E-state index is 9.38. The van der Waals surface area contributed by atoms with Gasteiger partial charge in [0, 0.05) is 25.7 Å². The van der Waals surface area contributed by atoms with Crippen molar-refractivity contribution >= 4 is 0 Å². The highest BCUT2D eigenvalue weighted by Gasteiger charge is 2.47. The Morgan fingerprint density at radius 3 is 2.44 bits per heavy atom. The number of likely N-dealkylation sites (tertiary alicyclic amines) is 1. The Morgan fingerprint density at radius 1 is 1.00 bits per heavy atom. The van der Waals surface area contributed by atoms with Gasteiger partial charge in [-0.05, 0) is 37.0 Å². The second kappa shape index (κ2) is 4.30. The van der Waals surface area contributed by atoms with Crippen LogP contribution in [0, 0.1) is 11.3 Å². The summed E-state index contributed by atoms with van der Waals surface area (Å²) in [5.74, 6) is 0.584. The summed E-state index contributed by atoms with van der Waals surface area (Å²) in [4.78, 5) is 2.68. The Labute approximate surface area is 99.0 Å². The van der Waals surface area contributed by atoms with Crippen LogP contribution in [0.25, 0.3) is 0 Å². The van der Waals surface area contributed by atoms with Gasteiger partial charge >= 0.3 is 0 Å². The molecule has 0 amide bonds. The molecule has 2 atom stereocenters. The Bertz CT molecular complexity index is 239. The third kappa shape index (κ3) is 1.80. The lowest BCUT2D eigenvalue weighted by molar-refractivity contribution is -0.0678. The lowest BCUT2D eigenvalue weighted by atomic mass is 9.68. The van der Waals surface area contributed by atoms with Gasteiger partial charge in [-0.15, -0.1) is 0 Å². The van der Waals surface area contributed by atoms with Crippen LogP contribution in [-0.2, 0) is 0 Å². The van der Waals surface area contributed by atoms with Crippen molar-refractivity contribution in [2.45, 2.75) is 57.4 Å². The first-order valence-corrected chi connectivity index (χ1v) is 7.18. The van der Waals surface area contributed by atoms with Crippen LogP contribution >= 0.6 is 0 Å². The summed E-state index contributed by atoms with van der Waals surface area (Å²) in [6.45, 7) is 3.09. The summed E-state index contributed by atoms with van der Waals surface area (Å²) in [6.07, 6.45) is 11.2. The minimum Gasteiger partial charge on any atom is -0.396 e. The Hall–Kier alpha value is -0.0800. The summed E-state index contributed by atoms with van der Waals surface area (Å²) < 4.78 is 0. The highest BCUT2D eigenvalue weighted by atomic mass is 16.3. The van der Waals surface area contributed by atoms with Crippen molar-refractivity contribution in [3.05, 3.63) is 0 Å². The third-order valence-electron chi connectivity index (χ3n) is 5.31. The Balaban J connectivity index is 1.55. The number of hydrogen-bond donors (Lipinski definition) is 1. The minimum absolute atomic E-state index is 0.411. The molecule has 2 aliphatic carbocycles. The number of rotatable bonds is 2. The monoisotopic (exact) mass is 223 g/mol. The highest BCUT2D eigenvalue weighted by Crippen LogP contribution is 2.47. The molecule has 2 heteroatoms. The first-order chi connectivity index (χ1) is 7.83. The molecule has 3 fully saturated rings. The first kappa shape index (κ1) is 11.0. The molecule has 0 bridgehead atoms. The second-order valence-corrected chi connectivity index (χ2v) is 6.41. The van der Waals surface area contributed by atoms with Crippen LogP contribution in [0.2, 0.25) is 0 Å². The number of aliphatic hydroxyl groups is 1. The third-order valence-corrected chi connectivity index (χ3v) is 5.31. The standard InChI is InChI=1S/C14H25NO/c16-9-12-5-4-6-13(12)15-10-14(11-15)7-2-1-3-8-14/h12-13,16H,1-11H2. The molecule has 3 aliphatic rings. The minimum atomic E-state index is 0.411. The van der Waals surface area contributed by atoms with E-state index in [1.54, 1.807) is 0 Å². The van der Waals surface area contributed by atoms with Gasteiger partial charge in [0.25, 0.3) is 0 Å². The molecule has 1 spiro atoms. The topological polar surface area (TPSA) is 23.5 Å². The van der Waals surface area contributed by atoms with Gasteiger partial charge < -0.3 is 5.11 Å². The molecule has 0 aromatic heterocycles. The normalized spacial score (nSPS) is 38.8. The van der Waals surface area contributed by atoms with Crippen LogP contribution in [0.3, 0.4) is 0 Å². The molecule has 3 rings (SSSR count). The maximum atomic E-state index is 9.38. The average molecular weight is 223 g/mol. The summed E-state index contributed by atoms with van der Waals surface area (Å²) in [5.41, 5.74) is 0.709. The van der Waals surface area contributed by atoms with Gasteiger partial charge in [-0.3, -0.25) is 4.90 Å². The molecular weight excluding hydrogens is 198 g/mol. The SMILES string of the molecule is OCC1CCCC1N1CC2(CCCCC2)C1. The molecule has 92 valence electrons. The van der Waals surface area contributed by atoms with E-state index in [2.05, 4.69) is 4.90 Å². The molecule has 2 saturated carbocycles. The summed E-state index contributed by atoms with van der Waals surface area (Å²) in [5, 5.41) is 9.38. The van der Waals surface area contributed by atoms with E-state index in [1.165, 1.54) is 64.5 Å². The van der Waals surface area contributed by atoms with Gasteiger partial charge in [-0.25, -0.2) is 0 Å². The fourth-order valence-electron chi connectivity index (χ4n) is 4.38. The first-order valence-electron chi connectivity index (χ1n) is 7.18. The van der Waals surface area contributed by atoms with Crippen LogP contribution in [0.1, 0.15) is 51.4 Å². The molecule has 16 heavy (non-hydrogen) atoms. The van der Waals surface area contributed by atoms with Crippen molar-refractivity contribution in [3.63, 3.8) is 0 Å². The molecule has 1 aliphatic heterocycles. The number of hydrogen-bond acceptors (Lipinski definition) is 2. The van der Waals surface area contributed by atoms with Crippen molar-refractivity contribution in [2.75, 3.05) is 19.7 Å². The van der Waals surface area contributed by atoms with E-state index in [-0.39, 0.29) is 0 Å². The smallest absolute Gasteiger partial charge is 0.0474 e. The van der Waals surface area contributed by atoms with Crippen molar-refractivity contribution in [2.24, 2.45) is 11.3 Å². The molecule has 1 saturated heterocycles. The summed E-state index contributed by atoms with van der Waals surface area (Å²) in [6, 6.07) is 0.720. The zero-order valence-corrected chi connectivity index (χ0v) is 10.3. The molecular formula is C14H25NO. The summed E-state index contributed by atoms with van der Waals surface area (Å²) >= 11 is 0. The van der Waals surface area contributed by atoms with Crippen LogP contribution < -0.4 is 0 Å². The second-order valence-electron chi connectivity index (χ2n) is 6.41. The largest absolute Gasteiger partial charge is 0.396 e. The lowest BCUT2D eigenvalue weighted by Gasteiger charge is -2.55. The molecule has 2 nitrogen and oxygen atoms in total. The van der Waals surface area contributed by atoms with Crippen molar-refractivity contribution in [1.29, 1.82) is 0 Å². The Morgan fingerprint density at radius 2 is 1.75 bits per heavy atom. The van der Waals surface area contributed by atoms with E-state index in [0.717, 1.165) is 6.04 Å². The van der Waals surface area contributed by atoms with Crippen molar-refractivity contribution in [1.82, 2.24) is 4.90 Å². The van der Waals surface area contributed by atoms with Crippen LogP contribution in [0.4, 0.5) is 0 Å². The molecule has 0 aromatic carbocycles. The van der Waals surface area contributed by atoms with E-state index >= 15 is 0 Å². The zero-order chi connectivity index (χ0) is 11.0. The predicted molar refractivity (Wildman–Crippen MR) is 65.3 cm³/mol. The van der Waals surface area contributed by atoms with Crippen LogP contribution in [0.15, 0.2) is 0 Å². The molecule has 1 heterocycles. The predicted octanol–water partition coefficient (Wildman–Crippen LogP) is 2.41. The van der Waals surface area contributed by atoms with Gasteiger partial charge in [0.2, 0.25) is 0 Å². The van der Waals surface area contributed by atoms with Gasteiger partial charge in [-0.1, -0.05) is 25.7 Å². The quantitative estimate of drug-likeness (QED) is 0.777. The zero-order valence-electron chi connectivity index (χ0n) is 10.3. The number of nitrogens with zero attached hydrogens (tertiary/aromatic N) is 1. The molecule has 1 N–H and O–H groups in total. The van der Waals surface area contributed by atoms with Gasteiger partial charge in [0.1, 0.15) is 0 Å². The van der Waals surface area contributed by atoms with Gasteiger partial charge in [-0.2, -0.15) is 0 Å². The molecule has 0 radical (unpaired) electrons. The van der Waals surface area contributed by atoms with Gasteiger partial charge in [0.05, 0.1) is 0 Å². The van der Waals surface area contributed by atoms with E-state index in [0.29, 0.717) is 17.9 Å². The average Bonchev–Trinajstić information content (AvgIpc) is 2.74. The van der Waals surface area contributed by atoms with Gasteiger partial charge in [0.15, 0.2) is 0 Å². The number of aliphatic hydroxyl groups excluding tert-OH is 1. The molecule has 0 aromatic rings. The van der Waals surface area contributed by atoms with Crippen molar-refractivity contribution in [3.8, 4) is 0 Å². The van der Waals surface area contributed by atoms with Crippen LogP contribution in [-0.4, -0.2) is 35.7 Å². The van der Waals surface area contributed by atoms with E-state index in [1.807, 2.05) is 0 Å². The summed E-state index contributed by atoms with van der Waals surface area (Å²) in [7, 11) is 0. The van der Waals surface area contributed by atoms with Crippen molar-refractivity contribution < 1.29 is 5.11 Å². The van der Waals surface area contributed by atoms with E-state index < -0.39 is 0 Å². The fourth-order valence-corrected chi connectivity index (χ4v) is 4.38. The molecule has 2 unspecified atom stereocenters. The van der Waals surface area contributed by atoms with E-state index in [9.17, 15) is 5.11 Å². The maximum Gasteiger partial charge on any atom is 0.0474 e. The van der Waals surface area contributed by atoms with E-state index in [4.69, 9.17) is 0 Å². The Kier molecular flexibility index (Phi) is 2.97. The highest BCUT2D eigenvalue weighted by molar-refractivity contribution is 5.01.